The normalized spacial score (nSPS) is 25.6. The predicted octanol–water partition coefficient (Wildman–Crippen LogP) is 3.22. The third kappa shape index (κ3) is 3.08. The molecule has 3 heterocycles. The number of pyridine rings is 1. The van der Waals surface area contributed by atoms with Crippen LogP contribution in [0, 0.1) is 5.92 Å². The largest absolute Gasteiger partial charge is 0.381 e. The number of benzene rings is 1. The van der Waals surface area contributed by atoms with Gasteiger partial charge in [-0.05, 0) is 48.9 Å². The summed E-state index contributed by atoms with van der Waals surface area (Å²) < 4.78 is 5.40. The smallest absolute Gasteiger partial charge is 0.226 e. The quantitative estimate of drug-likeness (QED) is 0.892. The standard InChI is InChI=1S/C23H27N3O2/c27-22(17-7-13-28-16-17)25-21-14-23(20-6-2-1-5-19(20)21)8-11-26(12-9-23)18-4-3-10-24-15-18/h1-6,10,15,17,21H,7-9,11-14,16H2,(H,25,27)/t17-,21-/m1/s1. The first kappa shape index (κ1) is 17.7. The van der Waals surface area contributed by atoms with Gasteiger partial charge in [-0.3, -0.25) is 9.78 Å². The Morgan fingerprint density at radius 3 is 2.79 bits per heavy atom. The molecule has 1 N–H and O–H groups in total. The molecule has 0 unspecified atom stereocenters. The van der Waals surface area contributed by atoms with Gasteiger partial charge in [-0.1, -0.05) is 24.3 Å². The van der Waals surface area contributed by atoms with E-state index in [0.717, 1.165) is 38.8 Å². The van der Waals surface area contributed by atoms with E-state index in [1.165, 1.54) is 16.8 Å². The summed E-state index contributed by atoms with van der Waals surface area (Å²) in [4.78, 5) is 19.4. The average Bonchev–Trinajstić information content (AvgIpc) is 3.38. The molecule has 1 aliphatic carbocycles. The molecule has 5 heteroatoms. The molecule has 1 aromatic carbocycles. The van der Waals surface area contributed by atoms with Crippen LogP contribution in [0.25, 0.3) is 0 Å². The van der Waals surface area contributed by atoms with Crippen molar-refractivity contribution in [3.05, 3.63) is 59.9 Å². The van der Waals surface area contributed by atoms with Crippen molar-refractivity contribution in [2.24, 2.45) is 5.92 Å². The van der Waals surface area contributed by atoms with Crippen molar-refractivity contribution < 1.29 is 9.53 Å². The Morgan fingerprint density at radius 2 is 2.04 bits per heavy atom. The predicted molar refractivity (Wildman–Crippen MR) is 108 cm³/mol. The molecule has 1 spiro atoms. The maximum Gasteiger partial charge on any atom is 0.226 e. The zero-order valence-electron chi connectivity index (χ0n) is 16.1. The van der Waals surface area contributed by atoms with Crippen molar-refractivity contribution in [3.63, 3.8) is 0 Å². The van der Waals surface area contributed by atoms with Gasteiger partial charge in [0.2, 0.25) is 5.91 Å². The molecular formula is C23H27N3O2. The highest BCUT2D eigenvalue weighted by molar-refractivity contribution is 5.79. The van der Waals surface area contributed by atoms with Gasteiger partial charge in [0.1, 0.15) is 0 Å². The topological polar surface area (TPSA) is 54.5 Å². The summed E-state index contributed by atoms with van der Waals surface area (Å²) in [6.45, 7) is 3.31. The maximum atomic E-state index is 12.7. The van der Waals surface area contributed by atoms with E-state index in [2.05, 4.69) is 45.5 Å². The first-order valence-electron chi connectivity index (χ1n) is 10.4. The zero-order chi connectivity index (χ0) is 19.0. The molecule has 0 saturated carbocycles. The zero-order valence-corrected chi connectivity index (χ0v) is 16.1. The molecule has 5 nitrogen and oxygen atoms in total. The second-order valence-electron chi connectivity index (χ2n) is 8.39. The van der Waals surface area contributed by atoms with Crippen LogP contribution in [0.1, 0.15) is 42.9 Å². The molecule has 28 heavy (non-hydrogen) atoms. The molecule has 2 atom stereocenters. The highest BCUT2D eigenvalue weighted by atomic mass is 16.5. The first-order valence-corrected chi connectivity index (χ1v) is 10.4. The van der Waals surface area contributed by atoms with Crippen LogP contribution in [0.3, 0.4) is 0 Å². The van der Waals surface area contributed by atoms with Gasteiger partial charge in [0.25, 0.3) is 0 Å². The van der Waals surface area contributed by atoms with E-state index in [4.69, 9.17) is 4.74 Å². The number of fused-ring (bicyclic) bond motifs is 2. The lowest BCUT2D eigenvalue weighted by molar-refractivity contribution is -0.125. The van der Waals surface area contributed by atoms with Crippen LogP contribution in [0.2, 0.25) is 0 Å². The molecule has 1 aromatic heterocycles. The minimum Gasteiger partial charge on any atom is -0.381 e. The Balaban J connectivity index is 1.34. The van der Waals surface area contributed by atoms with Crippen LogP contribution in [0.4, 0.5) is 5.69 Å². The van der Waals surface area contributed by atoms with Crippen LogP contribution >= 0.6 is 0 Å². The molecule has 146 valence electrons. The van der Waals surface area contributed by atoms with Crippen molar-refractivity contribution in [3.8, 4) is 0 Å². The minimum absolute atomic E-state index is 0.0103. The summed E-state index contributed by atoms with van der Waals surface area (Å²) in [6.07, 6.45) is 7.84. The molecular weight excluding hydrogens is 350 g/mol. The molecule has 2 aromatic rings. The molecule has 0 bridgehead atoms. The van der Waals surface area contributed by atoms with Crippen molar-refractivity contribution in [1.82, 2.24) is 10.3 Å². The van der Waals surface area contributed by atoms with E-state index in [1.807, 2.05) is 18.5 Å². The van der Waals surface area contributed by atoms with Gasteiger partial charge < -0.3 is 15.0 Å². The van der Waals surface area contributed by atoms with Crippen molar-refractivity contribution >= 4 is 11.6 Å². The van der Waals surface area contributed by atoms with Gasteiger partial charge in [-0.15, -0.1) is 0 Å². The number of piperidine rings is 1. The first-order chi connectivity index (χ1) is 13.8. The number of nitrogens with one attached hydrogen (secondary N) is 1. The Hall–Kier alpha value is -2.40. The number of carbonyl (C=O) groups excluding carboxylic acids is 1. The Labute approximate surface area is 166 Å². The number of aromatic nitrogens is 1. The Kier molecular flexibility index (Phi) is 4.55. The van der Waals surface area contributed by atoms with Gasteiger partial charge in [0.15, 0.2) is 0 Å². The number of anilines is 1. The van der Waals surface area contributed by atoms with Gasteiger partial charge >= 0.3 is 0 Å². The average molecular weight is 377 g/mol. The molecule has 2 saturated heterocycles. The van der Waals surface area contributed by atoms with Crippen LogP contribution in [-0.2, 0) is 14.9 Å². The van der Waals surface area contributed by atoms with Crippen LogP contribution < -0.4 is 10.2 Å². The molecule has 2 aliphatic heterocycles. The van der Waals surface area contributed by atoms with Crippen LogP contribution in [-0.4, -0.2) is 37.2 Å². The lowest BCUT2D eigenvalue weighted by Crippen LogP contribution is -2.42. The van der Waals surface area contributed by atoms with E-state index in [9.17, 15) is 4.79 Å². The number of ether oxygens (including phenoxy) is 1. The number of hydrogen-bond acceptors (Lipinski definition) is 4. The summed E-state index contributed by atoms with van der Waals surface area (Å²) in [5, 5.41) is 3.35. The van der Waals surface area contributed by atoms with Crippen molar-refractivity contribution in [2.45, 2.75) is 37.1 Å². The fourth-order valence-corrected chi connectivity index (χ4v) is 5.26. The Morgan fingerprint density at radius 1 is 1.18 bits per heavy atom. The van der Waals surface area contributed by atoms with E-state index < -0.39 is 0 Å². The molecule has 2 fully saturated rings. The summed E-state index contributed by atoms with van der Waals surface area (Å²) in [5.74, 6) is 0.165. The summed E-state index contributed by atoms with van der Waals surface area (Å²) in [5.41, 5.74) is 4.12. The fourth-order valence-electron chi connectivity index (χ4n) is 5.26. The van der Waals surface area contributed by atoms with Gasteiger partial charge in [-0.2, -0.15) is 0 Å². The van der Waals surface area contributed by atoms with Crippen molar-refractivity contribution in [2.75, 3.05) is 31.2 Å². The molecule has 3 aliphatic rings. The monoisotopic (exact) mass is 377 g/mol. The number of nitrogens with zero attached hydrogens (tertiary/aromatic N) is 2. The fraction of sp³-hybridized carbons (Fsp3) is 0.478. The SMILES string of the molecule is O=C(N[C@@H]1CC2(CCN(c3cccnc3)CC2)c2ccccc21)[C@@H]1CCOC1. The highest BCUT2D eigenvalue weighted by Gasteiger charge is 2.46. The van der Waals surface area contributed by atoms with E-state index in [-0.39, 0.29) is 23.3 Å². The number of rotatable bonds is 3. The molecule has 1 amide bonds. The van der Waals surface area contributed by atoms with Gasteiger partial charge in [0, 0.05) is 31.3 Å². The molecule has 5 rings (SSSR count). The third-order valence-corrected chi connectivity index (χ3v) is 6.85. The molecule has 0 radical (unpaired) electrons. The second-order valence-corrected chi connectivity index (χ2v) is 8.39. The van der Waals surface area contributed by atoms with E-state index in [0.29, 0.717) is 13.2 Å². The van der Waals surface area contributed by atoms with Gasteiger partial charge in [0.05, 0.1) is 30.5 Å². The summed E-state index contributed by atoms with van der Waals surface area (Å²) in [6, 6.07) is 13.0. The van der Waals surface area contributed by atoms with Crippen LogP contribution in [0.15, 0.2) is 48.8 Å². The second kappa shape index (κ2) is 7.21. The van der Waals surface area contributed by atoms with E-state index in [1.54, 1.807) is 0 Å². The number of carbonyl (C=O) groups is 1. The van der Waals surface area contributed by atoms with Crippen molar-refractivity contribution in [1.29, 1.82) is 0 Å². The van der Waals surface area contributed by atoms with E-state index >= 15 is 0 Å². The third-order valence-electron chi connectivity index (χ3n) is 6.85. The maximum absolute atomic E-state index is 12.7. The Bertz CT molecular complexity index is 840. The summed E-state index contributed by atoms with van der Waals surface area (Å²) in [7, 11) is 0. The van der Waals surface area contributed by atoms with Crippen LogP contribution in [0.5, 0.6) is 0 Å². The lowest BCUT2D eigenvalue weighted by Gasteiger charge is -2.41. The summed E-state index contributed by atoms with van der Waals surface area (Å²) >= 11 is 0. The number of amides is 1. The van der Waals surface area contributed by atoms with Gasteiger partial charge in [-0.25, -0.2) is 0 Å². The lowest BCUT2D eigenvalue weighted by atomic mass is 9.73. The minimum atomic E-state index is 0.0103. The highest BCUT2D eigenvalue weighted by Crippen LogP contribution is 2.51. The number of hydrogen-bond donors (Lipinski definition) is 1.